The van der Waals surface area contributed by atoms with Gasteiger partial charge < -0.3 is 9.47 Å². The van der Waals surface area contributed by atoms with Crippen LogP contribution in [-0.4, -0.2) is 13.1 Å². The summed E-state index contributed by atoms with van der Waals surface area (Å²) in [4.78, 5) is 11.9. The third-order valence-electron chi connectivity index (χ3n) is 2.74. The third-order valence-corrected chi connectivity index (χ3v) is 3.44. The summed E-state index contributed by atoms with van der Waals surface area (Å²) in [5.41, 5.74) is 1.03. The summed E-state index contributed by atoms with van der Waals surface area (Å²) in [7, 11) is 1.56. The Bertz CT molecular complexity index is 589. The molecule has 2 aromatic rings. The molecule has 0 bridgehead atoms. The number of ether oxygens (including phenoxy) is 2. The van der Waals surface area contributed by atoms with Gasteiger partial charge in [0.05, 0.1) is 12.7 Å². The maximum absolute atomic E-state index is 11.9. The maximum atomic E-state index is 11.9. The van der Waals surface area contributed by atoms with E-state index < -0.39 is 5.97 Å². The third kappa shape index (κ3) is 3.44. The molecule has 104 valence electrons. The van der Waals surface area contributed by atoms with Gasteiger partial charge in [-0.2, -0.15) is 0 Å². The zero-order valence-electron chi connectivity index (χ0n) is 10.7. The van der Waals surface area contributed by atoms with Gasteiger partial charge in [-0.3, -0.25) is 0 Å². The van der Waals surface area contributed by atoms with Crippen LogP contribution < -0.4 is 4.74 Å². The van der Waals surface area contributed by atoms with Crippen molar-refractivity contribution >= 4 is 29.2 Å². The molecule has 0 saturated heterocycles. The highest BCUT2D eigenvalue weighted by atomic mass is 35.5. The van der Waals surface area contributed by atoms with Crippen LogP contribution in [-0.2, 0) is 11.3 Å². The van der Waals surface area contributed by atoms with Crippen LogP contribution in [0.2, 0.25) is 10.0 Å². The molecule has 5 heteroatoms. The van der Waals surface area contributed by atoms with E-state index >= 15 is 0 Å². The van der Waals surface area contributed by atoms with Crippen LogP contribution in [0.5, 0.6) is 5.75 Å². The van der Waals surface area contributed by atoms with Crippen LogP contribution >= 0.6 is 23.2 Å². The lowest BCUT2D eigenvalue weighted by molar-refractivity contribution is 0.0473. The molecule has 0 atom stereocenters. The normalized spacial score (nSPS) is 10.2. The van der Waals surface area contributed by atoms with Gasteiger partial charge in [0, 0.05) is 15.6 Å². The van der Waals surface area contributed by atoms with Gasteiger partial charge in [-0.1, -0.05) is 29.3 Å². The molecule has 2 aromatic carbocycles. The number of hydrogen-bond acceptors (Lipinski definition) is 3. The summed E-state index contributed by atoms with van der Waals surface area (Å²) in [6.07, 6.45) is 0. The summed E-state index contributed by atoms with van der Waals surface area (Å²) in [6, 6.07) is 11.8. The largest absolute Gasteiger partial charge is 0.497 e. The number of methoxy groups -OCH3 is 1. The first-order valence-electron chi connectivity index (χ1n) is 5.86. The predicted molar refractivity (Wildman–Crippen MR) is 78.6 cm³/mol. The Kier molecular flexibility index (Phi) is 4.88. The molecule has 0 N–H and O–H groups in total. The highest BCUT2D eigenvalue weighted by Gasteiger charge is 2.11. The molecule has 0 aliphatic carbocycles. The molecule has 0 heterocycles. The molecular weight excluding hydrogens is 299 g/mol. The van der Waals surface area contributed by atoms with Gasteiger partial charge in [0.25, 0.3) is 0 Å². The molecule has 20 heavy (non-hydrogen) atoms. The van der Waals surface area contributed by atoms with Crippen molar-refractivity contribution in [2.45, 2.75) is 6.61 Å². The lowest BCUT2D eigenvalue weighted by Crippen LogP contribution is -2.05. The second kappa shape index (κ2) is 6.64. The fraction of sp³-hybridized carbons (Fsp3) is 0.133. The van der Waals surface area contributed by atoms with E-state index in [1.54, 1.807) is 49.6 Å². The summed E-state index contributed by atoms with van der Waals surface area (Å²) in [5, 5.41) is 0.945. The molecule has 0 aliphatic heterocycles. The standard InChI is InChI=1S/C15H12Cl2O3/c1-19-11-7-5-10(6-8-11)15(18)20-9-12-13(16)3-2-4-14(12)17/h2-8H,9H2,1H3. The number of halogens is 2. The molecule has 0 spiro atoms. The summed E-state index contributed by atoms with van der Waals surface area (Å²) < 4.78 is 10.2. The van der Waals surface area contributed by atoms with Gasteiger partial charge in [0.2, 0.25) is 0 Å². The molecule has 0 amide bonds. The van der Waals surface area contributed by atoms with Crippen molar-refractivity contribution < 1.29 is 14.3 Å². The molecule has 0 fully saturated rings. The van der Waals surface area contributed by atoms with Crippen LogP contribution in [0.15, 0.2) is 42.5 Å². The molecule has 0 aliphatic rings. The van der Waals surface area contributed by atoms with Crippen LogP contribution in [0, 0.1) is 0 Å². The first-order chi connectivity index (χ1) is 9.61. The lowest BCUT2D eigenvalue weighted by atomic mass is 10.2. The average Bonchev–Trinajstić information content (AvgIpc) is 2.46. The van der Waals surface area contributed by atoms with Crippen LogP contribution in [0.25, 0.3) is 0 Å². The molecule has 0 radical (unpaired) electrons. The van der Waals surface area contributed by atoms with E-state index in [4.69, 9.17) is 32.7 Å². The Morgan fingerprint density at radius 1 is 1.05 bits per heavy atom. The zero-order chi connectivity index (χ0) is 14.5. The Morgan fingerprint density at radius 2 is 1.65 bits per heavy atom. The van der Waals surface area contributed by atoms with E-state index in [0.717, 1.165) is 0 Å². The van der Waals surface area contributed by atoms with Crippen molar-refractivity contribution in [1.82, 2.24) is 0 Å². The monoisotopic (exact) mass is 310 g/mol. The minimum atomic E-state index is -0.441. The minimum Gasteiger partial charge on any atom is -0.497 e. The van der Waals surface area contributed by atoms with Gasteiger partial charge in [-0.25, -0.2) is 4.79 Å². The highest BCUT2D eigenvalue weighted by Crippen LogP contribution is 2.25. The second-order valence-electron chi connectivity index (χ2n) is 4.00. The van der Waals surface area contributed by atoms with E-state index in [2.05, 4.69) is 0 Å². The predicted octanol–water partition coefficient (Wildman–Crippen LogP) is 4.36. The quantitative estimate of drug-likeness (QED) is 0.787. The second-order valence-corrected chi connectivity index (χ2v) is 4.82. The maximum Gasteiger partial charge on any atom is 0.338 e. The zero-order valence-corrected chi connectivity index (χ0v) is 12.2. The van der Waals surface area contributed by atoms with Gasteiger partial charge in [0.1, 0.15) is 12.4 Å². The van der Waals surface area contributed by atoms with Gasteiger partial charge in [-0.15, -0.1) is 0 Å². The van der Waals surface area contributed by atoms with Crippen molar-refractivity contribution in [1.29, 1.82) is 0 Å². The van der Waals surface area contributed by atoms with E-state index in [1.807, 2.05) is 0 Å². The Hall–Kier alpha value is -1.71. The average molecular weight is 311 g/mol. The molecule has 0 saturated carbocycles. The summed E-state index contributed by atoms with van der Waals surface area (Å²) in [5.74, 6) is 0.235. The molecule has 3 nitrogen and oxygen atoms in total. The van der Waals surface area contributed by atoms with Gasteiger partial charge >= 0.3 is 5.97 Å². The fourth-order valence-electron chi connectivity index (χ4n) is 1.62. The number of esters is 1. The molecule has 0 aromatic heterocycles. The first-order valence-corrected chi connectivity index (χ1v) is 6.61. The SMILES string of the molecule is COc1ccc(C(=O)OCc2c(Cl)cccc2Cl)cc1. The van der Waals surface area contributed by atoms with E-state index in [9.17, 15) is 4.79 Å². The molecular formula is C15H12Cl2O3. The van der Waals surface area contributed by atoms with Gasteiger partial charge in [-0.05, 0) is 36.4 Å². The van der Waals surface area contributed by atoms with Crippen molar-refractivity contribution in [2.75, 3.05) is 7.11 Å². The van der Waals surface area contributed by atoms with E-state index in [-0.39, 0.29) is 6.61 Å². The number of rotatable bonds is 4. The first kappa shape index (κ1) is 14.7. The topological polar surface area (TPSA) is 35.5 Å². The Balaban J connectivity index is 2.04. The minimum absolute atomic E-state index is 0.0311. The van der Waals surface area contributed by atoms with Crippen LogP contribution in [0.4, 0.5) is 0 Å². The molecule has 2 rings (SSSR count). The van der Waals surface area contributed by atoms with Crippen molar-refractivity contribution in [2.24, 2.45) is 0 Å². The number of hydrogen-bond donors (Lipinski definition) is 0. The summed E-state index contributed by atoms with van der Waals surface area (Å²) >= 11 is 12.0. The molecule has 0 unspecified atom stereocenters. The van der Waals surface area contributed by atoms with Crippen LogP contribution in [0.3, 0.4) is 0 Å². The number of benzene rings is 2. The van der Waals surface area contributed by atoms with Crippen molar-refractivity contribution in [3.8, 4) is 5.75 Å². The highest BCUT2D eigenvalue weighted by molar-refractivity contribution is 6.35. The Morgan fingerprint density at radius 3 is 2.20 bits per heavy atom. The fourth-order valence-corrected chi connectivity index (χ4v) is 2.12. The van der Waals surface area contributed by atoms with Crippen molar-refractivity contribution in [3.05, 3.63) is 63.6 Å². The van der Waals surface area contributed by atoms with Gasteiger partial charge in [0.15, 0.2) is 0 Å². The Labute approximate surface area is 127 Å². The number of carbonyl (C=O) groups is 1. The van der Waals surface area contributed by atoms with Crippen LogP contribution in [0.1, 0.15) is 15.9 Å². The van der Waals surface area contributed by atoms with Crippen molar-refractivity contribution in [3.63, 3.8) is 0 Å². The summed E-state index contributed by atoms with van der Waals surface area (Å²) in [6.45, 7) is 0.0311. The smallest absolute Gasteiger partial charge is 0.338 e. The number of carbonyl (C=O) groups excluding carboxylic acids is 1. The van der Waals surface area contributed by atoms with E-state index in [1.165, 1.54) is 0 Å². The lowest BCUT2D eigenvalue weighted by Gasteiger charge is -2.08. The van der Waals surface area contributed by atoms with E-state index in [0.29, 0.717) is 26.9 Å².